The molecule has 0 aliphatic carbocycles. The molecule has 6 heteroatoms. The standard InChI is InChI=1S/C16H14N2O3S/c17-12-8-9-14(11-5-2-1-4-10(11)12)22(20,21)15-7-3-6-13(19)16(15)18/h1-9,19H,17-18H2. The van der Waals surface area contributed by atoms with Gasteiger partial charge < -0.3 is 16.6 Å². The zero-order valence-electron chi connectivity index (χ0n) is 11.5. The summed E-state index contributed by atoms with van der Waals surface area (Å²) >= 11 is 0. The molecular formula is C16H14N2O3S. The quantitative estimate of drug-likeness (QED) is 0.498. The highest BCUT2D eigenvalue weighted by atomic mass is 32.2. The minimum Gasteiger partial charge on any atom is -0.506 e. The molecule has 5 nitrogen and oxygen atoms in total. The van der Waals surface area contributed by atoms with Crippen LogP contribution >= 0.6 is 0 Å². The van der Waals surface area contributed by atoms with Crippen molar-refractivity contribution in [3.8, 4) is 5.75 Å². The summed E-state index contributed by atoms with van der Waals surface area (Å²) in [5.74, 6) is -0.263. The number of aromatic hydroxyl groups is 1. The van der Waals surface area contributed by atoms with Crippen molar-refractivity contribution in [2.45, 2.75) is 9.79 Å². The summed E-state index contributed by atoms with van der Waals surface area (Å²) in [7, 11) is -3.88. The molecule has 3 rings (SSSR count). The highest BCUT2D eigenvalue weighted by Crippen LogP contribution is 2.35. The summed E-state index contributed by atoms with van der Waals surface area (Å²) in [5.41, 5.74) is 12.0. The van der Waals surface area contributed by atoms with Gasteiger partial charge in [0.25, 0.3) is 0 Å². The number of sulfone groups is 1. The Morgan fingerprint density at radius 3 is 2.18 bits per heavy atom. The lowest BCUT2D eigenvalue weighted by atomic mass is 10.1. The molecular weight excluding hydrogens is 300 g/mol. The van der Waals surface area contributed by atoms with Gasteiger partial charge in [-0.25, -0.2) is 8.42 Å². The number of fused-ring (bicyclic) bond motifs is 1. The van der Waals surface area contributed by atoms with Gasteiger partial charge in [0.1, 0.15) is 5.75 Å². The van der Waals surface area contributed by atoms with Crippen molar-refractivity contribution >= 4 is 32.0 Å². The van der Waals surface area contributed by atoms with E-state index in [-0.39, 0.29) is 21.2 Å². The number of phenolic OH excluding ortho intramolecular Hbond substituents is 1. The van der Waals surface area contributed by atoms with Crippen LogP contribution in [0.1, 0.15) is 0 Å². The van der Waals surface area contributed by atoms with Crippen LogP contribution in [0.25, 0.3) is 10.8 Å². The van der Waals surface area contributed by atoms with Gasteiger partial charge in [0.15, 0.2) is 0 Å². The Morgan fingerprint density at radius 1 is 0.773 bits per heavy atom. The van der Waals surface area contributed by atoms with Crippen molar-refractivity contribution in [3.63, 3.8) is 0 Å². The van der Waals surface area contributed by atoms with Gasteiger partial charge in [-0.05, 0) is 24.3 Å². The summed E-state index contributed by atoms with van der Waals surface area (Å²) < 4.78 is 25.8. The van der Waals surface area contributed by atoms with Crippen LogP contribution in [-0.4, -0.2) is 13.5 Å². The molecule has 0 aliphatic heterocycles. The Kier molecular flexibility index (Phi) is 3.18. The molecule has 0 aromatic heterocycles. The summed E-state index contributed by atoms with van der Waals surface area (Å²) in [6.45, 7) is 0. The molecule has 22 heavy (non-hydrogen) atoms. The number of benzene rings is 3. The normalized spacial score (nSPS) is 11.6. The van der Waals surface area contributed by atoms with Crippen LogP contribution < -0.4 is 11.5 Å². The largest absolute Gasteiger partial charge is 0.506 e. The molecule has 0 heterocycles. The summed E-state index contributed by atoms with van der Waals surface area (Å²) in [5, 5.41) is 10.8. The average Bonchev–Trinajstić information content (AvgIpc) is 2.50. The highest BCUT2D eigenvalue weighted by Gasteiger charge is 2.24. The molecule has 0 amide bonds. The number of nitrogen functional groups attached to an aromatic ring is 2. The predicted octanol–water partition coefficient (Wildman–Crippen LogP) is 2.54. The second-order valence-corrected chi connectivity index (χ2v) is 6.78. The van der Waals surface area contributed by atoms with Crippen molar-refractivity contribution in [1.82, 2.24) is 0 Å². The van der Waals surface area contributed by atoms with E-state index in [0.29, 0.717) is 16.5 Å². The lowest BCUT2D eigenvalue weighted by Gasteiger charge is -2.12. The molecule has 0 fully saturated rings. The van der Waals surface area contributed by atoms with Crippen molar-refractivity contribution in [1.29, 1.82) is 0 Å². The average molecular weight is 314 g/mol. The van der Waals surface area contributed by atoms with Crippen LogP contribution in [0.2, 0.25) is 0 Å². The number of rotatable bonds is 2. The predicted molar refractivity (Wildman–Crippen MR) is 86.3 cm³/mol. The van der Waals surface area contributed by atoms with E-state index in [1.54, 1.807) is 30.3 Å². The van der Waals surface area contributed by atoms with E-state index in [9.17, 15) is 13.5 Å². The van der Waals surface area contributed by atoms with Gasteiger partial charge in [-0.2, -0.15) is 0 Å². The fourth-order valence-electron chi connectivity index (χ4n) is 2.41. The second-order valence-electron chi connectivity index (χ2n) is 4.89. The highest BCUT2D eigenvalue weighted by molar-refractivity contribution is 7.92. The number of hydrogen-bond donors (Lipinski definition) is 3. The van der Waals surface area contributed by atoms with Gasteiger partial charge in [-0.1, -0.05) is 30.3 Å². The van der Waals surface area contributed by atoms with Gasteiger partial charge in [0.2, 0.25) is 9.84 Å². The Labute approximate surface area is 127 Å². The van der Waals surface area contributed by atoms with Crippen molar-refractivity contribution in [2.24, 2.45) is 0 Å². The molecule has 3 aromatic rings. The van der Waals surface area contributed by atoms with E-state index < -0.39 is 9.84 Å². The van der Waals surface area contributed by atoms with Gasteiger partial charge in [-0.3, -0.25) is 0 Å². The van der Waals surface area contributed by atoms with Crippen molar-refractivity contribution in [3.05, 3.63) is 54.6 Å². The third-order valence-electron chi connectivity index (χ3n) is 3.54. The molecule has 0 bridgehead atoms. The molecule has 0 atom stereocenters. The summed E-state index contributed by atoms with van der Waals surface area (Å²) in [6, 6.07) is 14.1. The first-order chi connectivity index (χ1) is 10.4. The first kappa shape index (κ1) is 14.2. The van der Waals surface area contributed by atoms with Gasteiger partial charge >= 0.3 is 0 Å². The van der Waals surface area contributed by atoms with Crippen LogP contribution in [0.5, 0.6) is 5.75 Å². The molecule has 5 N–H and O–H groups in total. The van der Waals surface area contributed by atoms with E-state index in [0.717, 1.165) is 0 Å². The third-order valence-corrected chi connectivity index (χ3v) is 5.41. The number of phenols is 1. The fourth-order valence-corrected chi connectivity index (χ4v) is 4.02. The van der Waals surface area contributed by atoms with E-state index in [4.69, 9.17) is 11.5 Å². The number of nitrogens with two attached hydrogens (primary N) is 2. The van der Waals surface area contributed by atoms with E-state index >= 15 is 0 Å². The van der Waals surface area contributed by atoms with Crippen LogP contribution in [-0.2, 0) is 9.84 Å². The molecule has 0 radical (unpaired) electrons. The van der Waals surface area contributed by atoms with E-state index in [1.165, 1.54) is 24.3 Å². The monoisotopic (exact) mass is 314 g/mol. The number of para-hydroxylation sites is 1. The second kappa shape index (κ2) is 4.92. The maximum Gasteiger partial charge on any atom is 0.209 e. The summed E-state index contributed by atoms with van der Waals surface area (Å²) in [6.07, 6.45) is 0. The van der Waals surface area contributed by atoms with Crippen LogP contribution in [0.4, 0.5) is 11.4 Å². The first-order valence-electron chi connectivity index (χ1n) is 6.52. The Hall–Kier alpha value is -2.73. The zero-order valence-corrected chi connectivity index (χ0v) is 12.3. The fraction of sp³-hybridized carbons (Fsp3) is 0. The maximum atomic E-state index is 12.9. The minimum atomic E-state index is -3.88. The van der Waals surface area contributed by atoms with E-state index in [2.05, 4.69) is 0 Å². The van der Waals surface area contributed by atoms with Crippen LogP contribution in [0.3, 0.4) is 0 Å². The molecule has 0 saturated carbocycles. The van der Waals surface area contributed by atoms with Crippen LogP contribution in [0.15, 0.2) is 64.4 Å². The Bertz CT molecular complexity index is 982. The van der Waals surface area contributed by atoms with Gasteiger partial charge in [0.05, 0.1) is 15.5 Å². The Balaban J connectivity index is 2.36. The number of anilines is 2. The molecule has 0 aliphatic rings. The van der Waals surface area contributed by atoms with Crippen molar-refractivity contribution < 1.29 is 13.5 Å². The molecule has 0 unspecified atom stereocenters. The Morgan fingerprint density at radius 2 is 1.45 bits per heavy atom. The van der Waals surface area contributed by atoms with Gasteiger partial charge in [-0.15, -0.1) is 0 Å². The van der Waals surface area contributed by atoms with E-state index in [1.807, 2.05) is 0 Å². The van der Waals surface area contributed by atoms with Crippen molar-refractivity contribution in [2.75, 3.05) is 11.5 Å². The smallest absolute Gasteiger partial charge is 0.209 e. The maximum absolute atomic E-state index is 12.9. The minimum absolute atomic E-state index is 0.106. The third kappa shape index (κ3) is 2.05. The van der Waals surface area contributed by atoms with Crippen LogP contribution in [0, 0.1) is 0 Å². The zero-order chi connectivity index (χ0) is 15.9. The molecule has 112 valence electrons. The molecule has 3 aromatic carbocycles. The first-order valence-corrected chi connectivity index (χ1v) is 8.01. The lowest BCUT2D eigenvalue weighted by Crippen LogP contribution is -2.07. The molecule has 0 saturated heterocycles. The van der Waals surface area contributed by atoms with Gasteiger partial charge in [0, 0.05) is 16.5 Å². The molecule has 0 spiro atoms. The SMILES string of the molecule is Nc1c(O)cccc1S(=O)(=O)c1ccc(N)c2ccccc12. The number of hydrogen-bond acceptors (Lipinski definition) is 5. The summed E-state index contributed by atoms with van der Waals surface area (Å²) in [4.78, 5) is -0.0166. The lowest BCUT2D eigenvalue weighted by molar-refractivity contribution is 0.476. The topological polar surface area (TPSA) is 106 Å².